The lowest BCUT2D eigenvalue weighted by Crippen LogP contribution is -2.20. The van der Waals surface area contributed by atoms with Crippen molar-refractivity contribution >= 4 is 22.5 Å². The summed E-state index contributed by atoms with van der Waals surface area (Å²) in [4.78, 5) is 16.5. The van der Waals surface area contributed by atoms with Gasteiger partial charge in [-0.25, -0.2) is 0 Å². The normalized spacial score (nSPS) is 10.8. The van der Waals surface area contributed by atoms with E-state index in [0.717, 1.165) is 10.9 Å². The summed E-state index contributed by atoms with van der Waals surface area (Å²) < 4.78 is 5.61. The summed E-state index contributed by atoms with van der Waals surface area (Å²) in [6, 6.07) is 17.4. The Kier molecular flexibility index (Phi) is 4.75. The summed E-state index contributed by atoms with van der Waals surface area (Å²) in [6.45, 7) is 4.21. The molecule has 4 heteroatoms. The van der Waals surface area contributed by atoms with Crippen LogP contribution in [0.25, 0.3) is 10.9 Å². The maximum atomic E-state index is 12.2. The SMILES string of the molecule is CC(C)c1cccc(OCC(=O)Nc2cccc3cccnc23)c1. The van der Waals surface area contributed by atoms with Gasteiger partial charge in [0, 0.05) is 11.6 Å². The van der Waals surface area contributed by atoms with Gasteiger partial charge >= 0.3 is 0 Å². The molecule has 0 bridgehead atoms. The van der Waals surface area contributed by atoms with E-state index in [1.54, 1.807) is 6.20 Å². The number of benzene rings is 2. The van der Waals surface area contributed by atoms with Crippen molar-refractivity contribution in [3.05, 3.63) is 66.4 Å². The smallest absolute Gasteiger partial charge is 0.262 e. The minimum absolute atomic E-state index is 0.0369. The Hall–Kier alpha value is -2.88. The zero-order valence-electron chi connectivity index (χ0n) is 13.8. The van der Waals surface area contributed by atoms with Crippen LogP contribution in [-0.4, -0.2) is 17.5 Å². The molecule has 1 heterocycles. The number of anilines is 1. The zero-order valence-corrected chi connectivity index (χ0v) is 13.8. The lowest BCUT2D eigenvalue weighted by Gasteiger charge is -2.11. The van der Waals surface area contributed by atoms with Crippen LogP contribution in [0.15, 0.2) is 60.8 Å². The minimum atomic E-state index is -0.205. The van der Waals surface area contributed by atoms with Crippen LogP contribution in [0.2, 0.25) is 0 Å². The Morgan fingerprint density at radius 1 is 1.12 bits per heavy atom. The fourth-order valence-electron chi connectivity index (χ4n) is 2.50. The fourth-order valence-corrected chi connectivity index (χ4v) is 2.50. The lowest BCUT2D eigenvalue weighted by atomic mass is 10.0. The highest BCUT2D eigenvalue weighted by Gasteiger charge is 2.08. The van der Waals surface area contributed by atoms with E-state index in [1.165, 1.54) is 5.56 Å². The number of nitrogens with one attached hydrogen (secondary N) is 1. The molecule has 122 valence electrons. The molecule has 0 spiro atoms. The van der Waals surface area contributed by atoms with Crippen LogP contribution in [0.1, 0.15) is 25.3 Å². The van der Waals surface area contributed by atoms with Gasteiger partial charge in [0.25, 0.3) is 5.91 Å². The first-order valence-corrected chi connectivity index (χ1v) is 8.00. The highest BCUT2D eigenvalue weighted by Crippen LogP contribution is 2.22. The molecule has 0 aliphatic heterocycles. The Labute approximate surface area is 141 Å². The van der Waals surface area contributed by atoms with E-state index >= 15 is 0 Å². The summed E-state index contributed by atoms with van der Waals surface area (Å²) in [5.74, 6) is 0.916. The molecule has 4 nitrogen and oxygen atoms in total. The van der Waals surface area contributed by atoms with Gasteiger partial charge in [-0.2, -0.15) is 0 Å². The van der Waals surface area contributed by atoms with Crippen LogP contribution < -0.4 is 10.1 Å². The van der Waals surface area contributed by atoms with E-state index in [1.807, 2.05) is 48.5 Å². The van der Waals surface area contributed by atoms with Crippen LogP contribution >= 0.6 is 0 Å². The van der Waals surface area contributed by atoms with Gasteiger partial charge in [-0.05, 0) is 35.7 Å². The minimum Gasteiger partial charge on any atom is -0.484 e. The van der Waals surface area contributed by atoms with E-state index in [4.69, 9.17) is 4.74 Å². The van der Waals surface area contributed by atoms with E-state index in [2.05, 4.69) is 30.2 Å². The molecule has 0 aliphatic rings. The molecule has 0 saturated carbocycles. The van der Waals surface area contributed by atoms with Gasteiger partial charge in [-0.15, -0.1) is 0 Å². The van der Waals surface area contributed by atoms with Crippen LogP contribution in [0, 0.1) is 0 Å². The van der Waals surface area contributed by atoms with Gasteiger partial charge in [0.1, 0.15) is 5.75 Å². The van der Waals surface area contributed by atoms with Crippen molar-refractivity contribution in [2.75, 3.05) is 11.9 Å². The number of aromatic nitrogens is 1. The number of nitrogens with zero attached hydrogens (tertiary/aromatic N) is 1. The summed E-state index contributed by atoms with van der Waals surface area (Å²) in [5, 5.41) is 3.85. The number of ether oxygens (including phenoxy) is 1. The quantitative estimate of drug-likeness (QED) is 0.759. The van der Waals surface area contributed by atoms with Crippen molar-refractivity contribution in [3.63, 3.8) is 0 Å². The molecular weight excluding hydrogens is 300 g/mol. The maximum absolute atomic E-state index is 12.2. The summed E-state index contributed by atoms with van der Waals surface area (Å²) >= 11 is 0. The Balaban J connectivity index is 1.66. The average molecular weight is 320 g/mol. The van der Waals surface area contributed by atoms with Crippen molar-refractivity contribution in [1.29, 1.82) is 0 Å². The summed E-state index contributed by atoms with van der Waals surface area (Å²) in [7, 11) is 0. The van der Waals surface area contributed by atoms with Crippen LogP contribution in [0.4, 0.5) is 5.69 Å². The van der Waals surface area contributed by atoms with Crippen molar-refractivity contribution in [3.8, 4) is 5.75 Å². The Morgan fingerprint density at radius 3 is 2.75 bits per heavy atom. The maximum Gasteiger partial charge on any atom is 0.262 e. The molecule has 0 unspecified atom stereocenters. The number of amides is 1. The highest BCUT2D eigenvalue weighted by molar-refractivity contribution is 6.00. The van der Waals surface area contributed by atoms with E-state index in [9.17, 15) is 4.79 Å². The van der Waals surface area contributed by atoms with Gasteiger partial charge in [0.2, 0.25) is 0 Å². The lowest BCUT2D eigenvalue weighted by molar-refractivity contribution is -0.118. The first-order valence-electron chi connectivity index (χ1n) is 8.00. The van der Waals surface area contributed by atoms with Gasteiger partial charge in [0.05, 0.1) is 11.2 Å². The van der Waals surface area contributed by atoms with Crippen LogP contribution in [0.3, 0.4) is 0 Å². The number of carbonyl (C=O) groups excluding carboxylic acids is 1. The number of rotatable bonds is 5. The standard InChI is InChI=1S/C20H20N2O2/c1-14(2)16-7-3-9-17(12-16)24-13-19(23)22-18-10-4-6-15-8-5-11-21-20(15)18/h3-12,14H,13H2,1-2H3,(H,22,23). The second-order valence-electron chi connectivity index (χ2n) is 5.94. The van der Waals surface area contributed by atoms with Gasteiger partial charge in [0.15, 0.2) is 6.61 Å². The molecule has 2 aromatic carbocycles. The molecule has 1 N–H and O–H groups in total. The molecule has 1 amide bonds. The molecule has 0 atom stereocenters. The second kappa shape index (κ2) is 7.13. The number of pyridine rings is 1. The third-order valence-corrected chi connectivity index (χ3v) is 3.80. The molecule has 3 aromatic rings. The average Bonchev–Trinajstić information content (AvgIpc) is 2.60. The molecule has 0 aliphatic carbocycles. The van der Waals surface area contributed by atoms with Gasteiger partial charge in [-0.1, -0.05) is 44.2 Å². The molecule has 24 heavy (non-hydrogen) atoms. The van der Waals surface area contributed by atoms with Crippen LogP contribution in [0.5, 0.6) is 5.75 Å². The van der Waals surface area contributed by atoms with E-state index in [0.29, 0.717) is 17.4 Å². The summed E-state index contributed by atoms with van der Waals surface area (Å²) in [5.41, 5.74) is 2.65. The van der Waals surface area contributed by atoms with Gasteiger partial charge in [-0.3, -0.25) is 9.78 Å². The molecule has 1 aromatic heterocycles. The third-order valence-electron chi connectivity index (χ3n) is 3.80. The fraction of sp³-hybridized carbons (Fsp3) is 0.200. The first-order chi connectivity index (χ1) is 11.6. The number of hydrogen-bond donors (Lipinski definition) is 1. The molecule has 3 rings (SSSR count). The van der Waals surface area contributed by atoms with Gasteiger partial charge < -0.3 is 10.1 Å². The monoisotopic (exact) mass is 320 g/mol. The zero-order chi connectivity index (χ0) is 16.9. The predicted octanol–water partition coefficient (Wildman–Crippen LogP) is 4.38. The molecule has 0 fully saturated rings. The third kappa shape index (κ3) is 3.71. The van der Waals surface area contributed by atoms with E-state index < -0.39 is 0 Å². The van der Waals surface area contributed by atoms with Crippen molar-refractivity contribution in [2.24, 2.45) is 0 Å². The number of carbonyl (C=O) groups is 1. The Morgan fingerprint density at radius 2 is 1.92 bits per heavy atom. The second-order valence-corrected chi connectivity index (χ2v) is 5.94. The number of hydrogen-bond acceptors (Lipinski definition) is 3. The van der Waals surface area contributed by atoms with Crippen molar-refractivity contribution in [2.45, 2.75) is 19.8 Å². The van der Waals surface area contributed by atoms with Crippen LogP contribution in [-0.2, 0) is 4.79 Å². The molecule has 0 saturated heterocycles. The molecular formula is C20H20N2O2. The first kappa shape index (κ1) is 16.0. The highest BCUT2D eigenvalue weighted by atomic mass is 16.5. The largest absolute Gasteiger partial charge is 0.484 e. The molecule has 0 radical (unpaired) electrons. The van der Waals surface area contributed by atoms with Crippen molar-refractivity contribution < 1.29 is 9.53 Å². The number of para-hydroxylation sites is 1. The Bertz CT molecular complexity index is 854. The predicted molar refractivity (Wildman–Crippen MR) is 96.4 cm³/mol. The topological polar surface area (TPSA) is 51.2 Å². The van der Waals surface area contributed by atoms with Crippen molar-refractivity contribution in [1.82, 2.24) is 4.98 Å². The number of fused-ring (bicyclic) bond motifs is 1. The summed E-state index contributed by atoms with van der Waals surface area (Å²) in [6.07, 6.45) is 1.71. The van der Waals surface area contributed by atoms with E-state index in [-0.39, 0.29) is 12.5 Å².